The fourth-order valence-corrected chi connectivity index (χ4v) is 2.81. The lowest BCUT2D eigenvalue weighted by Gasteiger charge is -2.26. The Morgan fingerprint density at radius 1 is 1.06 bits per heavy atom. The highest BCUT2D eigenvalue weighted by molar-refractivity contribution is 5.77. The first kappa shape index (κ1) is 13.9. The predicted octanol–water partition coefficient (Wildman–Crippen LogP) is 2.32. The van der Waals surface area contributed by atoms with E-state index >= 15 is 0 Å². The van der Waals surface area contributed by atoms with Crippen LogP contribution in [0.3, 0.4) is 0 Å². The fraction of sp³-hybridized carbons (Fsp3) is 0.933. The van der Waals surface area contributed by atoms with E-state index in [-0.39, 0.29) is 5.91 Å². The lowest BCUT2D eigenvalue weighted by Crippen LogP contribution is -2.35. The maximum absolute atomic E-state index is 11.6. The van der Waals surface area contributed by atoms with Crippen LogP contribution < -0.4 is 10.6 Å². The molecule has 104 valence electrons. The van der Waals surface area contributed by atoms with Gasteiger partial charge in [0.1, 0.15) is 0 Å². The van der Waals surface area contributed by atoms with Gasteiger partial charge in [0.2, 0.25) is 5.91 Å². The van der Waals surface area contributed by atoms with Crippen LogP contribution >= 0.6 is 0 Å². The molecule has 2 saturated carbocycles. The summed E-state index contributed by atoms with van der Waals surface area (Å²) in [5.74, 6) is 2.78. The zero-order valence-electron chi connectivity index (χ0n) is 11.7. The molecule has 18 heavy (non-hydrogen) atoms. The molecule has 0 heterocycles. The van der Waals surface area contributed by atoms with Gasteiger partial charge in [0, 0.05) is 6.54 Å². The topological polar surface area (TPSA) is 41.1 Å². The van der Waals surface area contributed by atoms with Crippen LogP contribution in [0.15, 0.2) is 0 Å². The Balaban J connectivity index is 1.45. The van der Waals surface area contributed by atoms with Gasteiger partial charge in [-0.3, -0.25) is 4.79 Å². The molecule has 0 aromatic heterocycles. The van der Waals surface area contributed by atoms with Gasteiger partial charge in [-0.1, -0.05) is 32.6 Å². The van der Waals surface area contributed by atoms with Crippen LogP contribution in [0, 0.1) is 17.8 Å². The van der Waals surface area contributed by atoms with E-state index in [1.807, 2.05) is 0 Å². The van der Waals surface area contributed by atoms with Crippen LogP contribution in [-0.4, -0.2) is 25.5 Å². The number of hydrogen-bond donors (Lipinski definition) is 2. The van der Waals surface area contributed by atoms with Crippen LogP contribution in [0.4, 0.5) is 0 Å². The molecule has 3 heteroatoms. The van der Waals surface area contributed by atoms with Crippen LogP contribution in [0.5, 0.6) is 0 Å². The van der Waals surface area contributed by atoms with Crippen LogP contribution in [-0.2, 0) is 4.79 Å². The first-order valence-corrected chi connectivity index (χ1v) is 7.71. The van der Waals surface area contributed by atoms with Gasteiger partial charge in [0.05, 0.1) is 6.54 Å². The zero-order chi connectivity index (χ0) is 12.8. The molecule has 0 unspecified atom stereocenters. The van der Waals surface area contributed by atoms with Crippen LogP contribution in [0.25, 0.3) is 0 Å². The molecule has 0 atom stereocenters. The highest BCUT2D eigenvalue weighted by Crippen LogP contribution is 2.30. The molecule has 3 nitrogen and oxygen atoms in total. The van der Waals surface area contributed by atoms with Gasteiger partial charge in [0.25, 0.3) is 0 Å². The number of amides is 1. The third kappa shape index (κ3) is 5.38. The molecule has 0 bridgehead atoms. The molecule has 2 fully saturated rings. The smallest absolute Gasteiger partial charge is 0.233 e. The monoisotopic (exact) mass is 252 g/mol. The van der Waals surface area contributed by atoms with Crippen molar-refractivity contribution in [3.05, 3.63) is 0 Å². The second-order valence-corrected chi connectivity index (χ2v) is 6.34. The average Bonchev–Trinajstić information content (AvgIpc) is 3.16. The number of rotatable bonds is 7. The van der Waals surface area contributed by atoms with Crippen LogP contribution in [0.1, 0.15) is 51.9 Å². The number of carbonyl (C=O) groups excluding carboxylic acids is 1. The first-order chi connectivity index (χ1) is 8.74. The lowest BCUT2D eigenvalue weighted by atomic mass is 9.81. The molecule has 2 N–H and O–H groups in total. The Kier molecular flexibility index (Phi) is 5.48. The summed E-state index contributed by atoms with van der Waals surface area (Å²) in [4.78, 5) is 11.6. The summed E-state index contributed by atoms with van der Waals surface area (Å²) in [7, 11) is 0. The lowest BCUT2D eigenvalue weighted by molar-refractivity contribution is -0.120. The Morgan fingerprint density at radius 2 is 1.72 bits per heavy atom. The largest absolute Gasteiger partial charge is 0.355 e. The van der Waals surface area contributed by atoms with E-state index in [2.05, 4.69) is 17.6 Å². The van der Waals surface area contributed by atoms with E-state index in [9.17, 15) is 4.79 Å². The van der Waals surface area contributed by atoms with E-state index < -0.39 is 0 Å². The minimum absolute atomic E-state index is 0.167. The molecule has 0 aliphatic heterocycles. The molecule has 0 radical (unpaired) electrons. The van der Waals surface area contributed by atoms with Crippen molar-refractivity contribution in [3.63, 3.8) is 0 Å². The first-order valence-electron chi connectivity index (χ1n) is 7.71. The summed E-state index contributed by atoms with van der Waals surface area (Å²) in [6.45, 7) is 4.73. The van der Waals surface area contributed by atoms with E-state index in [4.69, 9.17) is 0 Å². The summed E-state index contributed by atoms with van der Waals surface area (Å²) in [5, 5.41) is 6.26. The molecule has 2 aliphatic rings. The average molecular weight is 252 g/mol. The zero-order valence-corrected chi connectivity index (χ0v) is 11.7. The van der Waals surface area contributed by atoms with Crippen molar-refractivity contribution in [3.8, 4) is 0 Å². The number of hydrogen-bond acceptors (Lipinski definition) is 2. The minimum atomic E-state index is 0.167. The Morgan fingerprint density at radius 3 is 2.39 bits per heavy atom. The third-order valence-corrected chi connectivity index (χ3v) is 4.43. The number of nitrogens with one attached hydrogen (secondary N) is 2. The Labute approximate surface area is 111 Å². The standard InChI is InChI=1S/C15H28N2O/c1-12-2-4-13(5-3-12)8-9-17-15(18)11-16-10-14-6-7-14/h12-14,16H,2-11H2,1H3,(H,17,18). The van der Waals surface area contributed by atoms with Gasteiger partial charge >= 0.3 is 0 Å². The normalized spacial score (nSPS) is 28.1. The third-order valence-electron chi connectivity index (χ3n) is 4.43. The van der Waals surface area contributed by atoms with E-state index in [0.29, 0.717) is 6.54 Å². The molecule has 2 aliphatic carbocycles. The molecular weight excluding hydrogens is 224 g/mol. The molecule has 0 aromatic rings. The highest BCUT2D eigenvalue weighted by Gasteiger charge is 2.20. The van der Waals surface area contributed by atoms with Gasteiger partial charge in [0.15, 0.2) is 0 Å². The summed E-state index contributed by atoms with van der Waals surface area (Å²) in [5.41, 5.74) is 0. The predicted molar refractivity (Wildman–Crippen MR) is 74.3 cm³/mol. The van der Waals surface area contributed by atoms with Gasteiger partial charge < -0.3 is 10.6 Å². The molecule has 1 amide bonds. The maximum Gasteiger partial charge on any atom is 0.233 e. The van der Waals surface area contributed by atoms with Gasteiger partial charge in [-0.05, 0) is 43.6 Å². The van der Waals surface area contributed by atoms with Gasteiger partial charge in [-0.2, -0.15) is 0 Å². The number of carbonyl (C=O) groups is 1. The fourth-order valence-electron chi connectivity index (χ4n) is 2.81. The quantitative estimate of drug-likeness (QED) is 0.730. The summed E-state index contributed by atoms with van der Waals surface area (Å²) >= 11 is 0. The molecule has 0 spiro atoms. The minimum Gasteiger partial charge on any atom is -0.355 e. The SMILES string of the molecule is CC1CCC(CCNC(=O)CNCC2CC2)CC1. The summed E-state index contributed by atoms with van der Waals surface area (Å²) in [6.07, 6.45) is 9.32. The van der Waals surface area contributed by atoms with Gasteiger partial charge in [-0.15, -0.1) is 0 Å². The van der Waals surface area contributed by atoms with Gasteiger partial charge in [-0.25, -0.2) is 0 Å². The van der Waals surface area contributed by atoms with E-state index in [1.54, 1.807) is 0 Å². The van der Waals surface area contributed by atoms with Crippen molar-refractivity contribution in [1.82, 2.24) is 10.6 Å². The molecule has 0 saturated heterocycles. The van der Waals surface area contributed by atoms with Crippen molar-refractivity contribution in [2.24, 2.45) is 17.8 Å². The van der Waals surface area contributed by atoms with Crippen LogP contribution in [0.2, 0.25) is 0 Å². The van der Waals surface area contributed by atoms with E-state index in [0.717, 1.165) is 30.8 Å². The Hall–Kier alpha value is -0.570. The maximum atomic E-state index is 11.6. The molecular formula is C15H28N2O. The van der Waals surface area contributed by atoms with Crippen molar-refractivity contribution in [1.29, 1.82) is 0 Å². The highest BCUT2D eigenvalue weighted by atomic mass is 16.1. The summed E-state index contributed by atoms with van der Waals surface area (Å²) in [6, 6.07) is 0. The Bertz CT molecular complexity index is 255. The molecule has 0 aromatic carbocycles. The molecule has 2 rings (SSSR count). The second kappa shape index (κ2) is 7.13. The van der Waals surface area contributed by atoms with Crippen molar-refractivity contribution in [2.75, 3.05) is 19.6 Å². The van der Waals surface area contributed by atoms with Crippen molar-refractivity contribution in [2.45, 2.75) is 51.9 Å². The van der Waals surface area contributed by atoms with Crippen molar-refractivity contribution >= 4 is 5.91 Å². The summed E-state index contributed by atoms with van der Waals surface area (Å²) < 4.78 is 0. The van der Waals surface area contributed by atoms with E-state index in [1.165, 1.54) is 44.9 Å². The van der Waals surface area contributed by atoms with Crippen molar-refractivity contribution < 1.29 is 4.79 Å². The second-order valence-electron chi connectivity index (χ2n) is 6.34.